The van der Waals surface area contributed by atoms with Crippen LogP contribution in [0.3, 0.4) is 0 Å². The molecule has 0 spiro atoms. The largest absolute Gasteiger partial charge is 0.496 e. The van der Waals surface area contributed by atoms with Gasteiger partial charge in [0.1, 0.15) is 11.5 Å². The van der Waals surface area contributed by atoms with E-state index in [1.165, 1.54) is 5.56 Å². The quantitative estimate of drug-likeness (QED) is 0.842. The lowest BCUT2D eigenvalue weighted by atomic mass is 10.0. The van der Waals surface area contributed by atoms with Gasteiger partial charge in [-0.15, -0.1) is 0 Å². The molecule has 1 N–H and O–H groups in total. The Hall–Kier alpha value is -1.85. The van der Waals surface area contributed by atoms with E-state index in [0.717, 1.165) is 17.1 Å². The van der Waals surface area contributed by atoms with E-state index < -0.39 is 0 Å². The maximum atomic E-state index is 5.33. The molecule has 2 rings (SSSR count). The number of aromatic nitrogens is 1. The Morgan fingerprint density at radius 2 is 2.15 bits per heavy atom. The molecule has 0 aliphatic heterocycles. The molecule has 1 aromatic heterocycles. The van der Waals surface area contributed by atoms with E-state index >= 15 is 0 Å². The molecule has 5 nitrogen and oxygen atoms in total. The van der Waals surface area contributed by atoms with Crippen LogP contribution in [-0.4, -0.2) is 19.4 Å². The van der Waals surface area contributed by atoms with Gasteiger partial charge in [-0.3, -0.25) is 0 Å². The summed E-state index contributed by atoms with van der Waals surface area (Å²) in [5.41, 5.74) is 2.22. The molecule has 1 unspecified atom stereocenters. The number of hydrogen-bond acceptors (Lipinski definition) is 5. The van der Waals surface area contributed by atoms with Crippen LogP contribution in [0.5, 0.6) is 5.75 Å². The second-order valence-electron chi connectivity index (χ2n) is 4.59. The minimum Gasteiger partial charge on any atom is -0.496 e. The van der Waals surface area contributed by atoms with E-state index in [4.69, 9.17) is 14.0 Å². The lowest BCUT2D eigenvalue weighted by Gasteiger charge is -2.16. The van der Waals surface area contributed by atoms with Gasteiger partial charge in [-0.05, 0) is 24.6 Å². The number of benzene rings is 1. The number of rotatable bonds is 7. The highest BCUT2D eigenvalue weighted by Gasteiger charge is 2.10. The molecule has 1 heterocycles. The van der Waals surface area contributed by atoms with Crippen LogP contribution in [0.1, 0.15) is 29.9 Å². The van der Waals surface area contributed by atoms with Crippen LogP contribution in [0.4, 0.5) is 0 Å². The molecule has 2 aromatic rings. The van der Waals surface area contributed by atoms with Gasteiger partial charge in [0.2, 0.25) is 0 Å². The predicted octanol–water partition coefficient (Wildman–Crippen LogP) is 2.68. The first-order chi connectivity index (χ1) is 9.74. The van der Waals surface area contributed by atoms with Gasteiger partial charge in [0.05, 0.1) is 26.5 Å². The zero-order valence-electron chi connectivity index (χ0n) is 12.1. The van der Waals surface area contributed by atoms with Crippen molar-refractivity contribution in [2.75, 3.05) is 14.2 Å². The van der Waals surface area contributed by atoms with E-state index in [2.05, 4.69) is 29.5 Å². The molecule has 0 amide bonds. The van der Waals surface area contributed by atoms with Gasteiger partial charge in [-0.25, -0.2) is 0 Å². The highest BCUT2D eigenvalue weighted by atomic mass is 16.5. The van der Waals surface area contributed by atoms with Crippen molar-refractivity contribution in [3.8, 4) is 5.75 Å². The average molecular weight is 276 g/mol. The zero-order chi connectivity index (χ0) is 14.4. The molecule has 108 valence electrons. The summed E-state index contributed by atoms with van der Waals surface area (Å²) < 4.78 is 15.6. The van der Waals surface area contributed by atoms with Crippen LogP contribution in [0.25, 0.3) is 0 Å². The number of nitrogens with one attached hydrogen (secondary N) is 1. The van der Waals surface area contributed by atoms with Crippen LogP contribution in [-0.2, 0) is 17.9 Å². The van der Waals surface area contributed by atoms with Gasteiger partial charge in [-0.2, -0.15) is 0 Å². The average Bonchev–Trinajstić information content (AvgIpc) is 2.98. The number of nitrogens with zero attached hydrogens (tertiary/aromatic N) is 1. The second-order valence-corrected chi connectivity index (χ2v) is 4.59. The first-order valence-corrected chi connectivity index (χ1v) is 6.53. The SMILES string of the molecule is COCc1cc(C(C)NCc2ccno2)ccc1OC. The Bertz CT molecular complexity index is 526. The van der Waals surface area contributed by atoms with Gasteiger partial charge in [0, 0.05) is 24.8 Å². The number of hydrogen-bond donors (Lipinski definition) is 1. The molecule has 0 bridgehead atoms. The van der Waals surface area contributed by atoms with Crippen molar-refractivity contribution in [1.29, 1.82) is 0 Å². The van der Waals surface area contributed by atoms with Crippen LogP contribution in [0.15, 0.2) is 35.0 Å². The maximum Gasteiger partial charge on any atom is 0.150 e. The fourth-order valence-corrected chi connectivity index (χ4v) is 2.04. The Labute approximate surface area is 118 Å². The summed E-state index contributed by atoms with van der Waals surface area (Å²) in [4.78, 5) is 0. The van der Waals surface area contributed by atoms with E-state index in [9.17, 15) is 0 Å². The lowest BCUT2D eigenvalue weighted by molar-refractivity contribution is 0.181. The summed E-state index contributed by atoms with van der Waals surface area (Å²) in [6, 6.07) is 8.17. The van der Waals surface area contributed by atoms with E-state index in [1.54, 1.807) is 20.4 Å². The van der Waals surface area contributed by atoms with Crippen molar-refractivity contribution in [1.82, 2.24) is 10.5 Å². The molecule has 0 radical (unpaired) electrons. The molecule has 1 atom stereocenters. The predicted molar refractivity (Wildman–Crippen MR) is 75.5 cm³/mol. The lowest BCUT2D eigenvalue weighted by Crippen LogP contribution is -2.18. The van der Waals surface area contributed by atoms with E-state index in [0.29, 0.717) is 13.2 Å². The summed E-state index contributed by atoms with van der Waals surface area (Å²) in [6.45, 7) is 3.29. The summed E-state index contributed by atoms with van der Waals surface area (Å²) in [6.07, 6.45) is 1.64. The molecule has 0 fully saturated rings. The first-order valence-electron chi connectivity index (χ1n) is 6.53. The van der Waals surface area contributed by atoms with Crippen LogP contribution in [0.2, 0.25) is 0 Å². The molecule has 0 saturated carbocycles. The van der Waals surface area contributed by atoms with Crippen molar-refractivity contribution in [2.24, 2.45) is 0 Å². The first kappa shape index (κ1) is 14.6. The molecule has 0 aliphatic carbocycles. The van der Waals surface area contributed by atoms with Gasteiger partial charge in [-0.1, -0.05) is 11.2 Å². The molecule has 1 aromatic carbocycles. The summed E-state index contributed by atoms with van der Waals surface area (Å²) in [5.74, 6) is 1.67. The minimum absolute atomic E-state index is 0.196. The fourth-order valence-electron chi connectivity index (χ4n) is 2.04. The third kappa shape index (κ3) is 3.59. The van der Waals surface area contributed by atoms with Crippen LogP contribution in [0, 0.1) is 0 Å². The molecular weight excluding hydrogens is 256 g/mol. The summed E-state index contributed by atoms with van der Waals surface area (Å²) in [7, 11) is 3.34. The van der Waals surface area contributed by atoms with Gasteiger partial charge < -0.3 is 19.3 Å². The normalized spacial score (nSPS) is 12.3. The molecule has 0 saturated heterocycles. The number of ether oxygens (including phenoxy) is 2. The molecule has 20 heavy (non-hydrogen) atoms. The van der Waals surface area contributed by atoms with Crippen LogP contribution >= 0.6 is 0 Å². The minimum atomic E-state index is 0.196. The zero-order valence-corrected chi connectivity index (χ0v) is 12.1. The topological polar surface area (TPSA) is 56.5 Å². The van der Waals surface area contributed by atoms with E-state index in [1.807, 2.05) is 12.1 Å². The maximum absolute atomic E-state index is 5.33. The Kier molecular flexibility index (Phi) is 5.15. The molecular formula is C15H20N2O3. The van der Waals surface area contributed by atoms with Gasteiger partial charge in [0.25, 0.3) is 0 Å². The monoisotopic (exact) mass is 276 g/mol. The molecule has 0 aliphatic rings. The summed E-state index contributed by atoms with van der Waals surface area (Å²) >= 11 is 0. The smallest absolute Gasteiger partial charge is 0.150 e. The van der Waals surface area contributed by atoms with Crippen molar-refractivity contribution < 1.29 is 14.0 Å². The Balaban J connectivity index is 2.05. The fraction of sp³-hybridized carbons (Fsp3) is 0.400. The summed E-state index contributed by atoms with van der Waals surface area (Å²) in [5, 5.41) is 7.08. The van der Waals surface area contributed by atoms with Crippen LogP contribution < -0.4 is 10.1 Å². The van der Waals surface area contributed by atoms with Crippen molar-refractivity contribution in [2.45, 2.75) is 26.1 Å². The number of methoxy groups -OCH3 is 2. The third-order valence-electron chi connectivity index (χ3n) is 3.18. The van der Waals surface area contributed by atoms with Crippen molar-refractivity contribution in [3.63, 3.8) is 0 Å². The van der Waals surface area contributed by atoms with E-state index in [-0.39, 0.29) is 6.04 Å². The highest BCUT2D eigenvalue weighted by Crippen LogP contribution is 2.24. The highest BCUT2D eigenvalue weighted by molar-refractivity contribution is 5.38. The second kappa shape index (κ2) is 7.07. The Morgan fingerprint density at radius 1 is 1.30 bits per heavy atom. The van der Waals surface area contributed by atoms with Gasteiger partial charge >= 0.3 is 0 Å². The third-order valence-corrected chi connectivity index (χ3v) is 3.18. The molecule has 5 heteroatoms. The van der Waals surface area contributed by atoms with Crippen molar-refractivity contribution in [3.05, 3.63) is 47.3 Å². The standard InChI is InChI=1S/C15H20N2O3/c1-11(16-9-14-6-7-17-20-14)12-4-5-15(19-3)13(8-12)10-18-2/h4-8,11,16H,9-10H2,1-3H3. The van der Waals surface area contributed by atoms with Gasteiger partial charge in [0.15, 0.2) is 0 Å². The van der Waals surface area contributed by atoms with Crippen molar-refractivity contribution >= 4 is 0 Å². The Morgan fingerprint density at radius 3 is 2.80 bits per heavy atom.